The summed E-state index contributed by atoms with van der Waals surface area (Å²) in [5.41, 5.74) is 5.54. The van der Waals surface area contributed by atoms with Gasteiger partial charge in [-0.3, -0.25) is 0 Å². The zero-order valence-electron chi connectivity index (χ0n) is 9.41. The molecule has 0 radical (unpaired) electrons. The molecule has 0 spiro atoms. The molecule has 1 aliphatic carbocycles. The molecule has 2 rings (SSSR count). The molecule has 88 valence electrons. The molecule has 1 aromatic heterocycles. The molecule has 5 heteroatoms. The van der Waals surface area contributed by atoms with Gasteiger partial charge in [0, 0.05) is 12.1 Å². The third-order valence-electron chi connectivity index (χ3n) is 2.87. The Bertz CT molecular complexity index is 345. The summed E-state index contributed by atoms with van der Waals surface area (Å²) in [5, 5.41) is 3.75. The zero-order chi connectivity index (χ0) is 11.5. The van der Waals surface area contributed by atoms with E-state index < -0.39 is 0 Å². The quantitative estimate of drug-likeness (QED) is 0.777. The Morgan fingerprint density at radius 3 is 2.88 bits per heavy atom. The maximum atomic E-state index is 5.82. The SMILES string of the molecule is CCC(CC1CC1)Nc1cc(Cl)nc(N)n1. The Hall–Kier alpha value is -1.03. The van der Waals surface area contributed by atoms with Crippen molar-refractivity contribution in [3.8, 4) is 0 Å². The fraction of sp³-hybridized carbons (Fsp3) is 0.636. The Labute approximate surface area is 101 Å². The van der Waals surface area contributed by atoms with E-state index in [0.717, 1.165) is 18.2 Å². The van der Waals surface area contributed by atoms with Gasteiger partial charge in [0.05, 0.1) is 0 Å². The Morgan fingerprint density at radius 2 is 2.31 bits per heavy atom. The second-order valence-corrected chi connectivity index (χ2v) is 4.75. The number of nitrogen functional groups attached to an aromatic ring is 1. The molecule has 0 amide bonds. The number of nitrogens with one attached hydrogen (secondary N) is 1. The van der Waals surface area contributed by atoms with Crippen LogP contribution in [0.2, 0.25) is 5.15 Å². The van der Waals surface area contributed by atoms with Crippen molar-refractivity contribution >= 4 is 23.4 Å². The third-order valence-corrected chi connectivity index (χ3v) is 3.07. The summed E-state index contributed by atoms with van der Waals surface area (Å²) in [6, 6.07) is 2.17. The molecule has 1 fully saturated rings. The number of halogens is 1. The molecule has 4 nitrogen and oxygen atoms in total. The molecule has 1 heterocycles. The number of rotatable bonds is 5. The lowest BCUT2D eigenvalue weighted by atomic mass is 10.1. The molecule has 3 N–H and O–H groups in total. The number of hydrogen-bond donors (Lipinski definition) is 2. The fourth-order valence-corrected chi connectivity index (χ4v) is 1.99. The van der Waals surface area contributed by atoms with E-state index in [4.69, 9.17) is 17.3 Å². The number of nitrogens with two attached hydrogens (primary N) is 1. The van der Waals surface area contributed by atoms with Crippen molar-refractivity contribution in [2.75, 3.05) is 11.1 Å². The molecule has 1 unspecified atom stereocenters. The monoisotopic (exact) mass is 240 g/mol. The Kier molecular flexibility index (Phi) is 3.49. The van der Waals surface area contributed by atoms with E-state index in [1.807, 2.05) is 0 Å². The van der Waals surface area contributed by atoms with Crippen LogP contribution in [0.25, 0.3) is 0 Å². The minimum Gasteiger partial charge on any atom is -0.368 e. The fourth-order valence-electron chi connectivity index (χ4n) is 1.80. The molecule has 0 aromatic carbocycles. The van der Waals surface area contributed by atoms with Crippen molar-refractivity contribution < 1.29 is 0 Å². The minimum absolute atomic E-state index is 0.219. The van der Waals surface area contributed by atoms with Gasteiger partial charge in [0.15, 0.2) is 0 Å². The predicted octanol–water partition coefficient (Wildman–Crippen LogP) is 2.70. The van der Waals surface area contributed by atoms with Crippen LogP contribution in [0, 0.1) is 5.92 Å². The highest BCUT2D eigenvalue weighted by molar-refractivity contribution is 6.29. The number of nitrogens with zero attached hydrogens (tertiary/aromatic N) is 2. The highest BCUT2D eigenvalue weighted by Crippen LogP contribution is 2.34. The van der Waals surface area contributed by atoms with E-state index in [1.165, 1.54) is 19.3 Å². The smallest absolute Gasteiger partial charge is 0.223 e. The van der Waals surface area contributed by atoms with Gasteiger partial charge < -0.3 is 11.1 Å². The summed E-state index contributed by atoms with van der Waals surface area (Å²) >= 11 is 5.82. The van der Waals surface area contributed by atoms with E-state index in [0.29, 0.717) is 11.2 Å². The third kappa shape index (κ3) is 3.23. The van der Waals surface area contributed by atoms with Crippen LogP contribution >= 0.6 is 11.6 Å². The Morgan fingerprint density at radius 1 is 1.56 bits per heavy atom. The first-order valence-electron chi connectivity index (χ1n) is 5.74. The highest BCUT2D eigenvalue weighted by atomic mass is 35.5. The average Bonchev–Trinajstić information content (AvgIpc) is 2.99. The summed E-state index contributed by atoms with van der Waals surface area (Å²) in [5.74, 6) is 1.84. The number of hydrogen-bond acceptors (Lipinski definition) is 4. The van der Waals surface area contributed by atoms with Crippen molar-refractivity contribution in [3.05, 3.63) is 11.2 Å². The number of aromatic nitrogens is 2. The van der Waals surface area contributed by atoms with Gasteiger partial charge in [0.2, 0.25) is 5.95 Å². The lowest BCUT2D eigenvalue weighted by Crippen LogP contribution is -2.20. The standard InChI is InChI=1S/C11H17ClN4/c1-2-8(5-7-3-4-7)14-10-6-9(12)15-11(13)16-10/h6-8H,2-5H2,1H3,(H3,13,14,15,16). The van der Waals surface area contributed by atoms with Crippen LogP contribution in [0.5, 0.6) is 0 Å². The second-order valence-electron chi connectivity index (χ2n) is 4.36. The van der Waals surface area contributed by atoms with Gasteiger partial charge in [-0.2, -0.15) is 4.98 Å². The minimum atomic E-state index is 0.219. The molecular formula is C11H17ClN4. The van der Waals surface area contributed by atoms with Gasteiger partial charge in [-0.1, -0.05) is 31.4 Å². The van der Waals surface area contributed by atoms with Crippen molar-refractivity contribution in [1.82, 2.24) is 9.97 Å². The molecule has 0 aliphatic heterocycles. The molecule has 1 aliphatic rings. The van der Waals surface area contributed by atoms with Gasteiger partial charge in [0.1, 0.15) is 11.0 Å². The largest absolute Gasteiger partial charge is 0.368 e. The van der Waals surface area contributed by atoms with Crippen molar-refractivity contribution in [1.29, 1.82) is 0 Å². The molecular weight excluding hydrogens is 224 g/mol. The van der Waals surface area contributed by atoms with E-state index in [9.17, 15) is 0 Å². The van der Waals surface area contributed by atoms with Gasteiger partial charge in [0.25, 0.3) is 0 Å². The second kappa shape index (κ2) is 4.87. The summed E-state index contributed by atoms with van der Waals surface area (Å²) in [6.45, 7) is 2.17. The van der Waals surface area contributed by atoms with Crippen molar-refractivity contribution in [2.24, 2.45) is 5.92 Å². The van der Waals surface area contributed by atoms with E-state index >= 15 is 0 Å². The summed E-state index contributed by atoms with van der Waals surface area (Å²) in [4.78, 5) is 7.95. The predicted molar refractivity (Wildman–Crippen MR) is 66.5 cm³/mol. The lowest BCUT2D eigenvalue weighted by molar-refractivity contribution is 0.585. The molecule has 0 saturated heterocycles. The Balaban J connectivity index is 1.99. The van der Waals surface area contributed by atoms with Gasteiger partial charge in [-0.25, -0.2) is 4.98 Å². The van der Waals surface area contributed by atoms with Gasteiger partial charge in [-0.05, 0) is 18.8 Å². The maximum absolute atomic E-state index is 5.82. The summed E-state index contributed by atoms with van der Waals surface area (Å²) < 4.78 is 0. The van der Waals surface area contributed by atoms with Gasteiger partial charge >= 0.3 is 0 Å². The first kappa shape index (κ1) is 11.5. The highest BCUT2D eigenvalue weighted by Gasteiger charge is 2.24. The normalized spacial score (nSPS) is 17.1. The van der Waals surface area contributed by atoms with Crippen molar-refractivity contribution in [2.45, 2.75) is 38.6 Å². The van der Waals surface area contributed by atoms with Crippen LogP contribution in [-0.2, 0) is 0 Å². The zero-order valence-corrected chi connectivity index (χ0v) is 10.2. The first-order valence-corrected chi connectivity index (χ1v) is 6.11. The molecule has 1 aromatic rings. The van der Waals surface area contributed by atoms with E-state index in [2.05, 4.69) is 22.2 Å². The topological polar surface area (TPSA) is 63.8 Å². The summed E-state index contributed by atoms with van der Waals surface area (Å²) in [7, 11) is 0. The van der Waals surface area contributed by atoms with Crippen LogP contribution in [0.3, 0.4) is 0 Å². The molecule has 0 bridgehead atoms. The average molecular weight is 241 g/mol. The molecule has 1 saturated carbocycles. The number of anilines is 2. The van der Waals surface area contributed by atoms with E-state index in [-0.39, 0.29) is 5.95 Å². The van der Waals surface area contributed by atoms with Crippen LogP contribution in [0.4, 0.5) is 11.8 Å². The van der Waals surface area contributed by atoms with Crippen LogP contribution in [0.15, 0.2) is 6.07 Å². The maximum Gasteiger partial charge on any atom is 0.223 e. The van der Waals surface area contributed by atoms with Crippen LogP contribution in [-0.4, -0.2) is 16.0 Å². The van der Waals surface area contributed by atoms with Crippen molar-refractivity contribution in [3.63, 3.8) is 0 Å². The lowest BCUT2D eigenvalue weighted by Gasteiger charge is -2.17. The van der Waals surface area contributed by atoms with E-state index in [1.54, 1.807) is 6.07 Å². The molecule has 16 heavy (non-hydrogen) atoms. The first-order chi connectivity index (χ1) is 7.67. The summed E-state index contributed by atoms with van der Waals surface area (Å²) in [6.07, 6.45) is 5.02. The molecule has 1 atom stereocenters. The van der Waals surface area contributed by atoms with Crippen LogP contribution in [0.1, 0.15) is 32.6 Å². The van der Waals surface area contributed by atoms with Crippen LogP contribution < -0.4 is 11.1 Å². The van der Waals surface area contributed by atoms with Gasteiger partial charge in [-0.15, -0.1) is 0 Å².